The number of hydrogen-bond donors (Lipinski definition) is 2. The molecule has 0 aliphatic carbocycles. The Kier molecular flexibility index (Phi) is 4.28. The monoisotopic (exact) mass is 330 g/mol. The van der Waals surface area contributed by atoms with Crippen LogP contribution in [0, 0.1) is 6.92 Å². The van der Waals surface area contributed by atoms with Crippen molar-refractivity contribution in [2.75, 3.05) is 0 Å². The molecule has 0 aromatic carbocycles. The number of nitrogens with one attached hydrogen (secondary N) is 1. The third-order valence-corrected chi connectivity index (χ3v) is 4.23. The molecule has 0 saturated heterocycles. The van der Waals surface area contributed by atoms with Crippen LogP contribution in [0.4, 0.5) is 0 Å². The Morgan fingerprint density at radius 3 is 2.96 bits per heavy atom. The van der Waals surface area contributed by atoms with Crippen LogP contribution in [-0.4, -0.2) is 31.9 Å². The number of amides is 1. The van der Waals surface area contributed by atoms with Crippen molar-refractivity contribution in [3.63, 3.8) is 0 Å². The lowest BCUT2D eigenvalue weighted by molar-refractivity contribution is -0.00903. The molecule has 3 rings (SSSR count). The van der Waals surface area contributed by atoms with Gasteiger partial charge in [0.2, 0.25) is 0 Å². The second-order valence-electron chi connectivity index (χ2n) is 6.23. The van der Waals surface area contributed by atoms with E-state index in [2.05, 4.69) is 15.4 Å². The predicted molar refractivity (Wildman–Crippen MR) is 87.7 cm³/mol. The highest BCUT2D eigenvalue weighted by atomic mass is 16.5. The van der Waals surface area contributed by atoms with Gasteiger partial charge in [0, 0.05) is 24.7 Å². The zero-order valence-electron chi connectivity index (χ0n) is 14.3. The summed E-state index contributed by atoms with van der Waals surface area (Å²) < 4.78 is 7.52. The lowest BCUT2D eigenvalue weighted by atomic mass is 9.99. The molecular formula is C17H22N4O3. The van der Waals surface area contributed by atoms with E-state index in [4.69, 9.17) is 4.74 Å². The molecule has 7 nitrogen and oxygen atoms in total. The topological polar surface area (TPSA) is 89.3 Å². The van der Waals surface area contributed by atoms with Gasteiger partial charge in [0.05, 0.1) is 24.4 Å². The fraction of sp³-hybridized carbons (Fsp3) is 0.471. The van der Waals surface area contributed by atoms with E-state index in [-0.39, 0.29) is 30.4 Å². The third kappa shape index (κ3) is 2.99. The first-order valence-corrected chi connectivity index (χ1v) is 8.01. The molecule has 0 radical (unpaired) electrons. The molecule has 2 N–H and O–H groups in total. The van der Waals surface area contributed by atoms with Gasteiger partial charge in [-0.1, -0.05) is 0 Å². The van der Waals surface area contributed by atoms with Crippen LogP contribution in [0.25, 0.3) is 0 Å². The van der Waals surface area contributed by atoms with E-state index in [0.717, 1.165) is 17.0 Å². The molecule has 2 aromatic rings. The summed E-state index contributed by atoms with van der Waals surface area (Å²) in [4.78, 5) is 16.8. The number of rotatable bonds is 3. The molecule has 0 saturated carbocycles. The minimum atomic E-state index is -0.268. The molecule has 0 fully saturated rings. The quantitative estimate of drug-likeness (QED) is 0.895. The molecule has 3 heterocycles. The summed E-state index contributed by atoms with van der Waals surface area (Å²) >= 11 is 0. The second kappa shape index (κ2) is 6.24. The van der Waals surface area contributed by atoms with Gasteiger partial charge in [-0.05, 0) is 32.9 Å². The number of nitrogens with zero attached hydrogens (tertiary/aromatic N) is 3. The maximum atomic E-state index is 12.6. The van der Waals surface area contributed by atoms with Crippen LogP contribution in [0.15, 0.2) is 12.1 Å². The van der Waals surface area contributed by atoms with Gasteiger partial charge in [-0.3, -0.25) is 14.5 Å². The molecule has 2 atom stereocenters. The van der Waals surface area contributed by atoms with Crippen molar-refractivity contribution < 1.29 is 14.6 Å². The predicted octanol–water partition coefficient (Wildman–Crippen LogP) is 1.78. The van der Waals surface area contributed by atoms with Crippen molar-refractivity contribution in [1.29, 1.82) is 0 Å². The minimum absolute atomic E-state index is 0.0470. The summed E-state index contributed by atoms with van der Waals surface area (Å²) in [6, 6.07) is 3.30. The Morgan fingerprint density at radius 2 is 2.21 bits per heavy atom. The van der Waals surface area contributed by atoms with E-state index in [0.29, 0.717) is 17.8 Å². The van der Waals surface area contributed by atoms with Crippen molar-refractivity contribution in [1.82, 2.24) is 20.1 Å². The molecule has 1 aliphatic rings. The SMILES string of the molecule is Cc1ccc(O)c(CNC(=O)c2nn(C)c3c2C[C@@H](C)O[C@H]3C)n1. The van der Waals surface area contributed by atoms with Crippen LogP contribution in [0.2, 0.25) is 0 Å². The third-order valence-electron chi connectivity index (χ3n) is 4.23. The highest BCUT2D eigenvalue weighted by molar-refractivity contribution is 5.94. The van der Waals surface area contributed by atoms with E-state index in [1.807, 2.05) is 27.8 Å². The number of aromatic nitrogens is 3. The molecule has 1 aliphatic heterocycles. The van der Waals surface area contributed by atoms with Gasteiger partial charge in [0.25, 0.3) is 5.91 Å². The summed E-state index contributed by atoms with van der Waals surface area (Å²) in [5, 5.41) is 17.0. The van der Waals surface area contributed by atoms with Gasteiger partial charge in [-0.2, -0.15) is 5.10 Å². The van der Waals surface area contributed by atoms with E-state index in [1.165, 1.54) is 0 Å². The number of aryl methyl sites for hydroxylation is 2. The van der Waals surface area contributed by atoms with Crippen molar-refractivity contribution in [3.8, 4) is 5.75 Å². The number of hydrogen-bond acceptors (Lipinski definition) is 5. The molecule has 128 valence electrons. The maximum Gasteiger partial charge on any atom is 0.272 e. The first-order valence-electron chi connectivity index (χ1n) is 8.01. The molecule has 0 unspecified atom stereocenters. The summed E-state index contributed by atoms with van der Waals surface area (Å²) in [5.41, 5.74) is 3.52. The summed E-state index contributed by atoms with van der Waals surface area (Å²) in [6.07, 6.45) is 0.612. The number of carbonyl (C=O) groups is 1. The Labute approximate surface area is 140 Å². The summed E-state index contributed by atoms with van der Waals surface area (Å²) in [5.74, 6) is -0.199. The fourth-order valence-electron chi connectivity index (χ4n) is 3.20. The number of fused-ring (bicyclic) bond motifs is 1. The lowest BCUT2D eigenvalue weighted by Gasteiger charge is -2.26. The van der Waals surface area contributed by atoms with Crippen LogP contribution in [-0.2, 0) is 24.8 Å². The summed E-state index contributed by atoms with van der Waals surface area (Å²) in [6.45, 7) is 5.94. The van der Waals surface area contributed by atoms with Crippen LogP contribution in [0.1, 0.15) is 53.1 Å². The van der Waals surface area contributed by atoms with E-state index in [1.54, 1.807) is 16.8 Å². The number of carbonyl (C=O) groups excluding carboxylic acids is 1. The number of aromatic hydroxyl groups is 1. The Morgan fingerprint density at radius 1 is 1.46 bits per heavy atom. The molecule has 0 bridgehead atoms. The average Bonchev–Trinajstić information content (AvgIpc) is 2.85. The molecule has 1 amide bonds. The van der Waals surface area contributed by atoms with Crippen LogP contribution < -0.4 is 5.32 Å². The molecule has 2 aromatic heterocycles. The van der Waals surface area contributed by atoms with Gasteiger partial charge >= 0.3 is 0 Å². The van der Waals surface area contributed by atoms with Crippen molar-refractivity contribution in [2.45, 2.75) is 45.9 Å². The molecule has 24 heavy (non-hydrogen) atoms. The van der Waals surface area contributed by atoms with Crippen molar-refractivity contribution in [2.24, 2.45) is 7.05 Å². The Hall–Kier alpha value is -2.41. The Bertz CT molecular complexity index is 784. The zero-order chi connectivity index (χ0) is 17.4. The average molecular weight is 330 g/mol. The zero-order valence-corrected chi connectivity index (χ0v) is 14.3. The standard InChI is InChI=1S/C17H22N4O3/c1-9-5-6-14(22)13(19-9)8-18-17(23)15-12-7-10(2)24-11(3)16(12)21(4)20-15/h5-6,10-11,22H,7-8H2,1-4H3,(H,18,23)/t10-,11+/m1/s1. The van der Waals surface area contributed by atoms with Crippen LogP contribution in [0.3, 0.4) is 0 Å². The van der Waals surface area contributed by atoms with Gasteiger partial charge in [0.1, 0.15) is 11.4 Å². The van der Waals surface area contributed by atoms with Crippen molar-refractivity contribution >= 4 is 5.91 Å². The summed E-state index contributed by atoms with van der Waals surface area (Å²) in [7, 11) is 1.82. The largest absolute Gasteiger partial charge is 0.506 e. The van der Waals surface area contributed by atoms with E-state index in [9.17, 15) is 9.90 Å². The van der Waals surface area contributed by atoms with Gasteiger partial charge < -0.3 is 15.2 Å². The normalized spacial score (nSPS) is 19.8. The number of ether oxygens (including phenoxy) is 1. The van der Waals surface area contributed by atoms with Gasteiger partial charge in [-0.25, -0.2) is 0 Å². The van der Waals surface area contributed by atoms with Crippen LogP contribution >= 0.6 is 0 Å². The first-order chi connectivity index (χ1) is 11.4. The lowest BCUT2D eigenvalue weighted by Crippen LogP contribution is -2.27. The molecule has 7 heteroatoms. The van der Waals surface area contributed by atoms with Gasteiger partial charge in [-0.15, -0.1) is 0 Å². The molecule has 0 spiro atoms. The first kappa shape index (κ1) is 16.4. The van der Waals surface area contributed by atoms with Gasteiger partial charge in [0.15, 0.2) is 5.69 Å². The number of pyridine rings is 1. The molecular weight excluding hydrogens is 308 g/mol. The van der Waals surface area contributed by atoms with Crippen LogP contribution in [0.5, 0.6) is 5.75 Å². The highest BCUT2D eigenvalue weighted by Crippen LogP contribution is 2.31. The minimum Gasteiger partial charge on any atom is -0.506 e. The van der Waals surface area contributed by atoms with E-state index < -0.39 is 0 Å². The second-order valence-corrected chi connectivity index (χ2v) is 6.23. The van der Waals surface area contributed by atoms with E-state index >= 15 is 0 Å². The highest BCUT2D eigenvalue weighted by Gasteiger charge is 2.31. The van der Waals surface area contributed by atoms with Crippen molar-refractivity contribution in [3.05, 3.63) is 40.5 Å². The maximum absolute atomic E-state index is 12.6. The smallest absolute Gasteiger partial charge is 0.272 e. The Balaban J connectivity index is 1.81. The fourth-order valence-corrected chi connectivity index (χ4v) is 3.20.